The third kappa shape index (κ3) is 3.24. The summed E-state index contributed by atoms with van der Waals surface area (Å²) in [7, 11) is 0. The van der Waals surface area contributed by atoms with Gasteiger partial charge >= 0.3 is 0 Å². The van der Waals surface area contributed by atoms with Crippen LogP contribution in [0.15, 0.2) is 16.8 Å². The summed E-state index contributed by atoms with van der Waals surface area (Å²) < 4.78 is 0. The largest absolute Gasteiger partial charge is 0.354 e. The number of tetrazole rings is 1. The van der Waals surface area contributed by atoms with Gasteiger partial charge in [-0.25, -0.2) is 0 Å². The predicted molar refractivity (Wildman–Crippen MR) is 75.3 cm³/mol. The van der Waals surface area contributed by atoms with E-state index >= 15 is 0 Å². The van der Waals surface area contributed by atoms with Crippen molar-refractivity contribution in [2.24, 2.45) is 0 Å². The van der Waals surface area contributed by atoms with E-state index in [-0.39, 0.29) is 18.4 Å². The van der Waals surface area contributed by atoms with Crippen LogP contribution in [-0.2, 0) is 16.1 Å². The highest BCUT2D eigenvalue weighted by atomic mass is 32.1. The first kappa shape index (κ1) is 13.7. The minimum Gasteiger partial charge on any atom is -0.354 e. The van der Waals surface area contributed by atoms with Crippen LogP contribution in [0.5, 0.6) is 0 Å². The molecule has 0 spiro atoms. The van der Waals surface area contributed by atoms with Crippen molar-refractivity contribution in [2.45, 2.75) is 13.0 Å². The Labute approximate surface area is 124 Å². The van der Waals surface area contributed by atoms with Crippen molar-refractivity contribution in [3.8, 4) is 11.4 Å². The first-order valence-electron chi connectivity index (χ1n) is 6.57. The van der Waals surface area contributed by atoms with E-state index in [0.29, 0.717) is 31.9 Å². The molecule has 2 aromatic heterocycles. The highest BCUT2D eigenvalue weighted by Gasteiger charge is 2.19. The van der Waals surface area contributed by atoms with Gasteiger partial charge < -0.3 is 10.2 Å². The van der Waals surface area contributed by atoms with Crippen molar-refractivity contribution < 1.29 is 9.59 Å². The highest BCUT2D eigenvalue weighted by molar-refractivity contribution is 7.08. The Morgan fingerprint density at radius 1 is 1.43 bits per heavy atom. The molecule has 2 amide bonds. The van der Waals surface area contributed by atoms with E-state index in [1.165, 1.54) is 4.80 Å². The van der Waals surface area contributed by atoms with Crippen molar-refractivity contribution in [2.75, 3.05) is 19.6 Å². The van der Waals surface area contributed by atoms with Crippen molar-refractivity contribution >= 4 is 23.2 Å². The summed E-state index contributed by atoms with van der Waals surface area (Å²) in [4.78, 5) is 26.4. The summed E-state index contributed by atoms with van der Waals surface area (Å²) in [6, 6.07) is 1.90. The summed E-state index contributed by atoms with van der Waals surface area (Å²) >= 11 is 1.55. The molecule has 3 heterocycles. The van der Waals surface area contributed by atoms with Gasteiger partial charge in [-0.3, -0.25) is 9.59 Å². The van der Waals surface area contributed by atoms with E-state index in [0.717, 1.165) is 5.56 Å². The quantitative estimate of drug-likeness (QED) is 0.844. The smallest absolute Gasteiger partial charge is 0.246 e. The average Bonchev–Trinajstić information content (AvgIpc) is 3.09. The fourth-order valence-electron chi connectivity index (χ4n) is 2.05. The minimum atomic E-state index is -0.110. The number of hydrogen-bond donors (Lipinski definition) is 1. The molecule has 21 heavy (non-hydrogen) atoms. The van der Waals surface area contributed by atoms with Crippen LogP contribution < -0.4 is 5.32 Å². The zero-order chi connectivity index (χ0) is 14.7. The number of aromatic nitrogens is 4. The van der Waals surface area contributed by atoms with Crippen LogP contribution in [0.25, 0.3) is 11.4 Å². The van der Waals surface area contributed by atoms with Crippen LogP contribution in [0.4, 0.5) is 0 Å². The van der Waals surface area contributed by atoms with Crippen LogP contribution in [0.1, 0.15) is 6.42 Å². The highest BCUT2D eigenvalue weighted by Crippen LogP contribution is 2.16. The van der Waals surface area contributed by atoms with Gasteiger partial charge in [-0.05, 0) is 16.7 Å². The Bertz CT molecular complexity index is 638. The van der Waals surface area contributed by atoms with Crippen LogP contribution in [0.2, 0.25) is 0 Å². The maximum absolute atomic E-state index is 12.2. The average molecular weight is 306 g/mol. The number of rotatable bonds is 3. The Morgan fingerprint density at radius 3 is 3.14 bits per heavy atom. The second-order valence-electron chi connectivity index (χ2n) is 4.64. The lowest BCUT2D eigenvalue weighted by Gasteiger charge is -2.18. The topological polar surface area (TPSA) is 93.0 Å². The van der Waals surface area contributed by atoms with E-state index in [4.69, 9.17) is 0 Å². The molecule has 1 aliphatic rings. The summed E-state index contributed by atoms with van der Waals surface area (Å²) in [5.41, 5.74) is 0.892. The molecular weight excluding hydrogens is 292 g/mol. The molecule has 0 atom stereocenters. The van der Waals surface area contributed by atoms with Gasteiger partial charge in [0, 0.05) is 37.0 Å². The maximum Gasteiger partial charge on any atom is 0.246 e. The second-order valence-corrected chi connectivity index (χ2v) is 5.42. The Morgan fingerprint density at radius 2 is 2.33 bits per heavy atom. The van der Waals surface area contributed by atoms with Gasteiger partial charge in [0.15, 0.2) is 0 Å². The first-order chi connectivity index (χ1) is 10.2. The maximum atomic E-state index is 12.2. The third-order valence-corrected chi connectivity index (χ3v) is 3.86. The summed E-state index contributed by atoms with van der Waals surface area (Å²) in [5.74, 6) is 0.376. The van der Waals surface area contributed by atoms with Crippen molar-refractivity contribution in [1.82, 2.24) is 30.4 Å². The summed E-state index contributed by atoms with van der Waals surface area (Å²) in [5, 5.41) is 18.6. The fraction of sp³-hybridized carbons (Fsp3) is 0.417. The van der Waals surface area contributed by atoms with Gasteiger partial charge in [-0.2, -0.15) is 16.1 Å². The number of carbonyl (C=O) groups excluding carboxylic acids is 2. The lowest BCUT2D eigenvalue weighted by atomic mass is 10.3. The van der Waals surface area contributed by atoms with E-state index in [2.05, 4.69) is 20.7 Å². The zero-order valence-corrected chi connectivity index (χ0v) is 12.0. The Balaban J connectivity index is 1.63. The Hall–Kier alpha value is -2.29. The van der Waals surface area contributed by atoms with Gasteiger partial charge in [0.2, 0.25) is 17.6 Å². The van der Waals surface area contributed by atoms with Gasteiger partial charge in [-0.1, -0.05) is 0 Å². The molecule has 1 N–H and O–H groups in total. The molecule has 0 saturated carbocycles. The minimum absolute atomic E-state index is 0.0241. The monoisotopic (exact) mass is 306 g/mol. The van der Waals surface area contributed by atoms with E-state index in [1.807, 2.05) is 16.8 Å². The summed E-state index contributed by atoms with van der Waals surface area (Å²) in [6.07, 6.45) is 0.330. The second kappa shape index (κ2) is 6.00. The van der Waals surface area contributed by atoms with Crippen LogP contribution >= 0.6 is 11.3 Å². The molecular formula is C12H14N6O2S. The standard InChI is InChI=1S/C12H14N6O2S/c19-10-1-4-17(5-3-13-10)11(20)7-18-15-12(14-16-18)9-2-6-21-8-9/h2,6,8H,1,3-5,7H2,(H,13,19). The molecule has 0 bridgehead atoms. The van der Waals surface area contributed by atoms with E-state index < -0.39 is 0 Å². The van der Waals surface area contributed by atoms with Crippen molar-refractivity contribution in [1.29, 1.82) is 0 Å². The molecule has 0 aliphatic carbocycles. The number of thiophene rings is 1. The van der Waals surface area contributed by atoms with E-state index in [9.17, 15) is 9.59 Å². The molecule has 3 rings (SSSR count). The van der Waals surface area contributed by atoms with Gasteiger partial charge in [0.05, 0.1) is 0 Å². The molecule has 1 saturated heterocycles. The zero-order valence-electron chi connectivity index (χ0n) is 11.2. The molecule has 110 valence electrons. The fourth-order valence-corrected chi connectivity index (χ4v) is 2.69. The number of nitrogens with zero attached hydrogens (tertiary/aromatic N) is 5. The molecule has 0 aromatic carbocycles. The normalized spacial score (nSPS) is 15.6. The first-order valence-corrected chi connectivity index (χ1v) is 7.51. The van der Waals surface area contributed by atoms with Crippen LogP contribution in [0.3, 0.4) is 0 Å². The summed E-state index contributed by atoms with van der Waals surface area (Å²) in [6.45, 7) is 1.45. The molecule has 1 aliphatic heterocycles. The Kier molecular flexibility index (Phi) is 3.91. The molecule has 0 radical (unpaired) electrons. The van der Waals surface area contributed by atoms with Crippen molar-refractivity contribution in [3.05, 3.63) is 16.8 Å². The number of nitrogens with one attached hydrogen (secondary N) is 1. The van der Waals surface area contributed by atoms with Gasteiger partial charge in [0.25, 0.3) is 0 Å². The van der Waals surface area contributed by atoms with Crippen molar-refractivity contribution in [3.63, 3.8) is 0 Å². The number of hydrogen-bond acceptors (Lipinski definition) is 6. The lowest BCUT2D eigenvalue weighted by Crippen LogP contribution is -2.37. The lowest BCUT2D eigenvalue weighted by molar-refractivity contribution is -0.132. The molecule has 1 fully saturated rings. The van der Waals surface area contributed by atoms with Gasteiger partial charge in [-0.15, -0.1) is 10.2 Å². The third-order valence-electron chi connectivity index (χ3n) is 3.17. The SMILES string of the molecule is O=C1CCN(C(=O)Cn2nnc(-c3ccsc3)n2)CCN1. The molecule has 8 nitrogen and oxygen atoms in total. The molecule has 2 aromatic rings. The molecule has 0 unspecified atom stereocenters. The van der Waals surface area contributed by atoms with E-state index in [1.54, 1.807) is 16.2 Å². The predicted octanol–water partition coefficient (Wildman–Crippen LogP) is -0.250. The number of carbonyl (C=O) groups is 2. The van der Waals surface area contributed by atoms with Crippen LogP contribution in [-0.4, -0.2) is 56.6 Å². The molecule has 9 heteroatoms. The van der Waals surface area contributed by atoms with Crippen LogP contribution in [0, 0.1) is 0 Å². The van der Waals surface area contributed by atoms with Gasteiger partial charge in [0.1, 0.15) is 6.54 Å². The number of amides is 2.